The Bertz CT molecular complexity index is 970. The highest BCUT2D eigenvalue weighted by Gasteiger charge is 2.29. The largest absolute Gasteiger partial charge is 0.437 e. The Kier molecular flexibility index (Phi) is 5.18. The van der Waals surface area contributed by atoms with Crippen LogP contribution in [0.5, 0.6) is 11.6 Å². The van der Waals surface area contributed by atoms with E-state index >= 15 is 0 Å². The molecule has 1 atom stereocenters. The van der Waals surface area contributed by atoms with Gasteiger partial charge in [-0.25, -0.2) is 14.4 Å². The molecule has 0 spiro atoms. The highest BCUT2D eigenvalue weighted by Crippen LogP contribution is 2.33. The van der Waals surface area contributed by atoms with Crippen molar-refractivity contribution in [2.45, 2.75) is 18.8 Å². The summed E-state index contributed by atoms with van der Waals surface area (Å²) >= 11 is 0. The van der Waals surface area contributed by atoms with Gasteiger partial charge in [0.1, 0.15) is 23.0 Å². The predicted molar refractivity (Wildman–Crippen MR) is 98.4 cm³/mol. The monoisotopic (exact) mass is 379 g/mol. The van der Waals surface area contributed by atoms with Gasteiger partial charge in [0.15, 0.2) is 0 Å². The lowest BCUT2D eigenvalue weighted by atomic mass is 9.94. The van der Waals surface area contributed by atoms with Crippen LogP contribution in [0.2, 0.25) is 0 Å². The topological polar surface area (TPSA) is 81.1 Å². The van der Waals surface area contributed by atoms with Crippen molar-refractivity contribution in [3.63, 3.8) is 0 Å². The van der Waals surface area contributed by atoms with Crippen LogP contribution in [-0.4, -0.2) is 43.8 Å². The summed E-state index contributed by atoms with van der Waals surface area (Å²) in [5.74, 6) is 0.0965. The third kappa shape index (κ3) is 3.95. The van der Waals surface area contributed by atoms with E-state index in [0.29, 0.717) is 36.1 Å². The molecule has 1 amide bonds. The summed E-state index contributed by atoms with van der Waals surface area (Å²) in [6, 6.07) is 5.87. The minimum atomic E-state index is -0.388. The van der Waals surface area contributed by atoms with E-state index < -0.39 is 0 Å². The van der Waals surface area contributed by atoms with Gasteiger partial charge in [-0.2, -0.15) is 0 Å². The molecule has 0 unspecified atom stereocenters. The number of carbonyl (C=O) groups excluding carboxylic acids is 1. The lowest BCUT2D eigenvalue weighted by Crippen LogP contribution is -2.39. The van der Waals surface area contributed by atoms with Crippen molar-refractivity contribution in [2.75, 3.05) is 13.1 Å². The molecule has 1 aliphatic rings. The molecule has 3 aromatic rings. The van der Waals surface area contributed by atoms with E-state index in [-0.39, 0.29) is 17.6 Å². The lowest BCUT2D eigenvalue weighted by Gasteiger charge is -2.32. The number of ether oxygens (including phenoxy) is 1. The van der Waals surface area contributed by atoms with Gasteiger partial charge < -0.3 is 9.64 Å². The molecular weight excluding hydrogens is 361 g/mol. The normalized spacial score (nSPS) is 16.6. The average molecular weight is 379 g/mol. The zero-order valence-electron chi connectivity index (χ0n) is 15.0. The molecule has 0 aliphatic carbocycles. The molecule has 2 aromatic heterocycles. The van der Waals surface area contributed by atoms with Crippen LogP contribution in [0.4, 0.5) is 4.39 Å². The van der Waals surface area contributed by atoms with E-state index in [0.717, 1.165) is 12.8 Å². The molecule has 7 nitrogen and oxygen atoms in total. The van der Waals surface area contributed by atoms with Crippen molar-refractivity contribution in [3.8, 4) is 11.6 Å². The van der Waals surface area contributed by atoms with Crippen LogP contribution in [0.3, 0.4) is 0 Å². The summed E-state index contributed by atoms with van der Waals surface area (Å²) in [5, 5.41) is 0. The maximum atomic E-state index is 13.5. The third-order valence-corrected chi connectivity index (χ3v) is 4.58. The zero-order valence-corrected chi connectivity index (χ0v) is 15.0. The molecule has 28 heavy (non-hydrogen) atoms. The first-order valence-corrected chi connectivity index (χ1v) is 9.00. The Morgan fingerprint density at radius 2 is 2.00 bits per heavy atom. The number of nitrogens with zero attached hydrogens (tertiary/aromatic N) is 5. The Morgan fingerprint density at radius 1 is 1.14 bits per heavy atom. The molecule has 8 heteroatoms. The van der Waals surface area contributed by atoms with Crippen molar-refractivity contribution in [1.29, 1.82) is 0 Å². The van der Waals surface area contributed by atoms with Gasteiger partial charge in [-0.15, -0.1) is 0 Å². The quantitative estimate of drug-likeness (QED) is 0.692. The number of aromatic nitrogens is 4. The maximum absolute atomic E-state index is 13.5. The summed E-state index contributed by atoms with van der Waals surface area (Å²) in [7, 11) is 0. The summed E-state index contributed by atoms with van der Waals surface area (Å²) in [6.45, 7) is 1.12. The van der Waals surface area contributed by atoms with Crippen LogP contribution in [-0.2, 0) is 0 Å². The lowest BCUT2D eigenvalue weighted by molar-refractivity contribution is 0.0698. The molecule has 4 rings (SSSR count). The van der Waals surface area contributed by atoms with Crippen LogP contribution < -0.4 is 4.74 Å². The fourth-order valence-corrected chi connectivity index (χ4v) is 3.29. The second-order valence-electron chi connectivity index (χ2n) is 6.49. The van der Waals surface area contributed by atoms with Crippen LogP contribution >= 0.6 is 0 Å². The first-order valence-electron chi connectivity index (χ1n) is 9.00. The van der Waals surface area contributed by atoms with Gasteiger partial charge in [-0.05, 0) is 25.0 Å². The first kappa shape index (κ1) is 18.0. The molecule has 3 heterocycles. The minimum Gasteiger partial charge on any atom is -0.437 e. The number of piperidine rings is 1. The molecule has 0 bridgehead atoms. The number of benzene rings is 1. The molecule has 0 radical (unpaired) electrons. The molecule has 142 valence electrons. The average Bonchev–Trinajstić information content (AvgIpc) is 2.74. The van der Waals surface area contributed by atoms with Crippen molar-refractivity contribution >= 4 is 5.91 Å². The molecule has 1 aliphatic heterocycles. The van der Waals surface area contributed by atoms with Crippen molar-refractivity contribution in [1.82, 2.24) is 24.8 Å². The number of halogens is 1. The highest BCUT2D eigenvalue weighted by molar-refractivity contribution is 5.92. The van der Waals surface area contributed by atoms with Crippen molar-refractivity contribution in [3.05, 3.63) is 72.5 Å². The molecule has 0 N–H and O–H groups in total. The Morgan fingerprint density at radius 3 is 2.82 bits per heavy atom. The number of carbonyl (C=O) groups is 1. The van der Waals surface area contributed by atoms with E-state index in [9.17, 15) is 9.18 Å². The van der Waals surface area contributed by atoms with Crippen LogP contribution in [0.1, 0.15) is 34.9 Å². The van der Waals surface area contributed by atoms with E-state index in [1.807, 2.05) is 0 Å². The SMILES string of the molecule is O=C(c1cnccn1)N1CCC[C@@H](c2nccnc2Oc2cccc(F)c2)C1. The summed E-state index contributed by atoms with van der Waals surface area (Å²) in [4.78, 5) is 31.2. The van der Waals surface area contributed by atoms with Crippen molar-refractivity contribution in [2.24, 2.45) is 0 Å². The van der Waals surface area contributed by atoms with Crippen LogP contribution in [0, 0.1) is 5.82 Å². The fraction of sp³-hybridized carbons (Fsp3) is 0.250. The van der Waals surface area contributed by atoms with E-state index in [1.165, 1.54) is 36.9 Å². The smallest absolute Gasteiger partial charge is 0.274 e. The predicted octanol–water partition coefficient (Wildman–Crippen LogP) is 3.22. The molecule has 1 saturated heterocycles. The van der Waals surface area contributed by atoms with E-state index in [4.69, 9.17) is 4.74 Å². The fourth-order valence-electron chi connectivity index (χ4n) is 3.29. The van der Waals surface area contributed by atoms with Crippen molar-refractivity contribution < 1.29 is 13.9 Å². The number of amides is 1. The minimum absolute atomic E-state index is 0.0355. The second-order valence-corrected chi connectivity index (χ2v) is 6.49. The second kappa shape index (κ2) is 8.08. The summed E-state index contributed by atoms with van der Waals surface area (Å²) in [6.07, 6.45) is 9.30. The summed E-state index contributed by atoms with van der Waals surface area (Å²) in [5.41, 5.74) is 0.974. The maximum Gasteiger partial charge on any atom is 0.274 e. The van der Waals surface area contributed by atoms with Gasteiger partial charge in [0.25, 0.3) is 5.91 Å². The number of hydrogen-bond donors (Lipinski definition) is 0. The van der Waals surface area contributed by atoms with Gasteiger partial charge in [0.2, 0.25) is 5.88 Å². The zero-order chi connectivity index (χ0) is 19.3. The van der Waals surface area contributed by atoms with Gasteiger partial charge in [0.05, 0.1) is 6.20 Å². The Hall–Kier alpha value is -3.42. The van der Waals surface area contributed by atoms with E-state index in [1.54, 1.807) is 23.2 Å². The number of hydrogen-bond acceptors (Lipinski definition) is 6. The van der Waals surface area contributed by atoms with E-state index in [2.05, 4.69) is 19.9 Å². The Labute approximate surface area is 161 Å². The Balaban J connectivity index is 1.55. The number of rotatable bonds is 4. The molecule has 0 saturated carbocycles. The molecule has 1 fully saturated rings. The molecular formula is C20H18FN5O2. The standard InChI is InChI=1S/C20H18FN5O2/c21-15-4-1-5-16(11-15)28-19-18(24-8-9-25-19)14-3-2-10-26(13-14)20(27)17-12-22-6-7-23-17/h1,4-9,11-12,14H,2-3,10,13H2/t14-/m1/s1. The van der Waals surface area contributed by atoms with Gasteiger partial charge in [0, 0.05) is 49.9 Å². The van der Waals surface area contributed by atoms with Gasteiger partial charge >= 0.3 is 0 Å². The highest BCUT2D eigenvalue weighted by atomic mass is 19.1. The van der Waals surface area contributed by atoms with Gasteiger partial charge in [-0.1, -0.05) is 6.07 Å². The van der Waals surface area contributed by atoms with Crippen LogP contribution in [0.15, 0.2) is 55.2 Å². The van der Waals surface area contributed by atoms with Crippen LogP contribution in [0.25, 0.3) is 0 Å². The number of likely N-dealkylation sites (tertiary alicyclic amines) is 1. The first-order chi connectivity index (χ1) is 13.7. The molecule has 1 aromatic carbocycles. The third-order valence-electron chi connectivity index (χ3n) is 4.58. The van der Waals surface area contributed by atoms with Gasteiger partial charge in [-0.3, -0.25) is 14.8 Å². The summed E-state index contributed by atoms with van der Waals surface area (Å²) < 4.78 is 19.2.